The zero-order valence-corrected chi connectivity index (χ0v) is 17.3. The Morgan fingerprint density at radius 1 is 0.893 bits per heavy atom. The highest BCUT2D eigenvalue weighted by Gasteiger charge is 2.35. The van der Waals surface area contributed by atoms with Crippen LogP contribution in [0.3, 0.4) is 0 Å². The molecule has 0 aliphatic heterocycles. The second-order valence-corrected chi connectivity index (χ2v) is 7.29. The van der Waals surface area contributed by atoms with Crippen molar-refractivity contribution in [2.24, 2.45) is 5.41 Å². The largest absolute Gasteiger partial charge is 0.372 e. The minimum absolute atomic E-state index is 0.277. The Hall–Kier alpha value is -2.82. The number of benzene rings is 2. The molecule has 0 heterocycles. The average molecular weight is 382 g/mol. The molecule has 0 aliphatic rings. The fourth-order valence-electron chi connectivity index (χ4n) is 2.92. The van der Waals surface area contributed by atoms with E-state index in [0.717, 1.165) is 30.8 Å². The van der Waals surface area contributed by atoms with Gasteiger partial charge in [0.2, 0.25) is 11.8 Å². The molecule has 28 heavy (non-hydrogen) atoms. The van der Waals surface area contributed by atoms with Crippen LogP contribution in [0.5, 0.6) is 0 Å². The fourth-order valence-corrected chi connectivity index (χ4v) is 2.92. The lowest BCUT2D eigenvalue weighted by atomic mass is 9.91. The van der Waals surface area contributed by atoms with Gasteiger partial charge in [-0.25, -0.2) is 0 Å². The van der Waals surface area contributed by atoms with Crippen molar-refractivity contribution in [3.05, 3.63) is 60.2 Å². The third-order valence-corrected chi connectivity index (χ3v) is 4.93. The zero-order valence-electron chi connectivity index (χ0n) is 17.3. The van der Waals surface area contributed by atoms with Gasteiger partial charge in [0.15, 0.2) is 0 Å². The summed E-state index contributed by atoms with van der Waals surface area (Å²) in [6.07, 6.45) is 0.733. The Labute approximate surface area is 168 Å². The van der Waals surface area contributed by atoms with E-state index in [9.17, 15) is 9.59 Å². The molecular weight excluding hydrogens is 350 g/mol. The van der Waals surface area contributed by atoms with E-state index in [4.69, 9.17) is 0 Å². The lowest BCUT2D eigenvalue weighted by molar-refractivity contribution is -0.138. The number of hydrogen-bond acceptors (Lipinski definition) is 3. The van der Waals surface area contributed by atoms with Crippen molar-refractivity contribution >= 4 is 23.2 Å². The summed E-state index contributed by atoms with van der Waals surface area (Å²) in [5.41, 5.74) is 1.79. The number of hydrogen-bond donors (Lipinski definition) is 2. The molecule has 0 aromatic heterocycles. The first-order valence-electron chi connectivity index (χ1n) is 9.87. The van der Waals surface area contributed by atoms with E-state index < -0.39 is 5.41 Å². The van der Waals surface area contributed by atoms with Crippen molar-refractivity contribution < 1.29 is 9.59 Å². The monoisotopic (exact) mass is 381 g/mol. The first kappa shape index (κ1) is 21.5. The summed E-state index contributed by atoms with van der Waals surface area (Å²) < 4.78 is 0. The highest BCUT2D eigenvalue weighted by Crippen LogP contribution is 2.22. The quantitative estimate of drug-likeness (QED) is 0.649. The first-order valence-corrected chi connectivity index (χ1v) is 9.87. The maximum atomic E-state index is 12.7. The van der Waals surface area contributed by atoms with E-state index in [-0.39, 0.29) is 11.8 Å². The van der Waals surface area contributed by atoms with Crippen LogP contribution in [-0.4, -0.2) is 31.4 Å². The average Bonchev–Trinajstić information content (AvgIpc) is 2.70. The molecule has 0 unspecified atom stereocenters. The van der Waals surface area contributed by atoms with Gasteiger partial charge >= 0.3 is 0 Å². The van der Waals surface area contributed by atoms with Crippen LogP contribution in [0, 0.1) is 5.41 Å². The number of anilines is 2. The highest BCUT2D eigenvalue weighted by atomic mass is 16.2. The summed E-state index contributed by atoms with van der Waals surface area (Å²) in [4.78, 5) is 27.4. The van der Waals surface area contributed by atoms with Crippen molar-refractivity contribution in [2.45, 2.75) is 34.1 Å². The topological polar surface area (TPSA) is 61.4 Å². The van der Waals surface area contributed by atoms with Crippen molar-refractivity contribution in [2.75, 3.05) is 29.9 Å². The molecule has 0 bridgehead atoms. The minimum atomic E-state index is -1.16. The highest BCUT2D eigenvalue weighted by molar-refractivity contribution is 6.09. The molecule has 0 saturated heterocycles. The zero-order chi connectivity index (χ0) is 20.6. The Balaban J connectivity index is 1.91. The van der Waals surface area contributed by atoms with Crippen LogP contribution in [0.25, 0.3) is 0 Å². The molecule has 5 heteroatoms. The first-order chi connectivity index (χ1) is 13.4. The van der Waals surface area contributed by atoms with Gasteiger partial charge < -0.3 is 15.5 Å². The lowest BCUT2D eigenvalue weighted by Gasteiger charge is -2.24. The van der Waals surface area contributed by atoms with Gasteiger partial charge in [-0.15, -0.1) is 0 Å². The maximum Gasteiger partial charge on any atom is 0.239 e. The molecule has 0 atom stereocenters. The third kappa shape index (κ3) is 5.59. The molecule has 0 radical (unpaired) electrons. The van der Waals surface area contributed by atoms with Crippen LogP contribution in [-0.2, 0) is 16.0 Å². The van der Waals surface area contributed by atoms with E-state index >= 15 is 0 Å². The molecule has 2 aromatic carbocycles. The Kier molecular flexibility index (Phi) is 7.61. The molecule has 2 amide bonds. The fraction of sp³-hybridized carbons (Fsp3) is 0.391. The van der Waals surface area contributed by atoms with E-state index in [1.165, 1.54) is 0 Å². The summed E-state index contributed by atoms with van der Waals surface area (Å²) in [5, 5.41) is 5.73. The van der Waals surface area contributed by atoms with Gasteiger partial charge in [0.1, 0.15) is 5.41 Å². The molecule has 0 fully saturated rings. The van der Waals surface area contributed by atoms with Crippen molar-refractivity contribution in [3.63, 3.8) is 0 Å². The van der Waals surface area contributed by atoms with Crippen molar-refractivity contribution in [3.8, 4) is 0 Å². The Morgan fingerprint density at radius 3 is 2.07 bits per heavy atom. The number of amides is 2. The molecule has 150 valence electrons. The number of nitrogens with zero attached hydrogens (tertiary/aromatic N) is 1. The van der Waals surface area contributed by atoms with Gasteiger partial charge in [0, 0.05) is 31.0 Å². The van der Waals surface area contributed by atoms with Crippen LogP contribution in [0.1, 0.15) is 33.3 Å². The molecule has 0 aliphatic carbocycles. The standard InChI is InChI=1S/C23H31N3O2/c1-5-26(6-2)20-14-12-19(13-15-20)25-22(28)23(3,4)21(27)24-17-16-18-10-8-7-9-11-18/h7-15H,5-6,16-17H2,1-4H3,(H,24,27)(H,25,28). The summed E-state index contributed by atoms with van der Waals surface area (Å²) in [5.74, 6) is -0.596. The van der Waals surface area contributed by atoms with Gasteiger partial charge in [-0.05, 0) is 63.9 Å². The van der Waals surface area contributed by atoms with E-state index in [1.54, 1.807) is 13.8 Å². The van der Waals surface area contributed by atoms with Crippen LogP contribution >= 0.6 is 0 Å². The van der Waals surface area contributed by atoms with Crippen LogP contribution in [0.4, 0.5) is 11.4 Å². The molecular formula is C23H31N3O2. The van der Waals surface area contributed by atoms with Gasteiger partial charge in [-0.2, -0.15) is 0 Å². The summed E-state index contributed by atoms with van der Waals surface area (Å²) in [6, 6.07) is 17.6. The third-order valence-electron chi connectivity index (χ3n) is 4.93. The van der Waals surface area contributed by atoms with Crippen LogP contribution in [0.2, 0.25) is 0 Å². The van der Waals surface area contributed by atoms with Gasteiger partial charge in [-0.3, -0.25) is 9.59 Å². The Morgan fingerprint density at radius 2 is 1.50 bits per heavy atom. The summed E-state index contributed by atoms with van der Waals surface area (Å²) in [6.45, 7) is 9.86. The normalized spacial score (nSPS) is 11.0. The number of nitrogens with one attached hydrogen (secondary N) is 2. The number of carbonyl (C=O) groups is 2. The van der Waals surface area contributed by atoms with Crippen LogP contribution in [0.15, 0.2) is 54.6 Å². The van der Waals surface area contributed by atoms with Crippen molar-refractivity contribution in [1.82, 2.24) is 5.32 Å². The van der Waals surface area contributed by atoms with Gasteiger partial charge in [0.25, 0.3) is 0 Å². The minimum Gasteiger partial charge on any atom is -0.372 e. The van der Waals surface area contributed by atoms with Crippen molar-refractivity contribution in [1.29, 1.82) is 0 Å². The number of rotatable bonds is 9. The molecule has 2 aromatic rings. The molecule has 0 spiro atoms. The van der Waals surface area contributed by atoms with E-state index in [1.807, 2.05) is 54.6 Å². The second-order valence-electron chi connectivity index (χ2n) is 7.29. The molecule has 2 rings (SSSR count). The molecule has 5 nitrogen and oxygen atoms in total. The summed E-state index contributed by atoms with van der Waals surface area (Å²) in [7, 11) is 0. The maximum absolute atomic E-state index is 12.7. The lowest BCUT2D eigenvalue weighted by Crippen LogP contribution is -2.45. The van der Waals surface area contributed by atoms with E-state index in [2.05, 4.69) is 29.4 Å². The molecule has 2 N–H and O–H groups in total. The van der Waals surface area contributed by atoms with Gasteiger partial charge in [0.05, 0.1) is 0 Å². The SMILES string of the molecule is CCN(CC)c1ccc(NC(=O)C(C)(C)C(=O)NCCc2ccccc2)cc1. The predicted octanol–water partition coefficient (Wildman–Crippen LogP) is 3.86. The molecule has 0 saturated carbocycles. The van der Waals surface area contributed by atoms with Crippen LogP contribution < -0.4 is 15.5 Å². The summed E-state index contributed by atoms with van der Waals surface area (Å²) >= 11 is 0. The van der Waals surface area contributed by atoms with Gasteiger partial charge in [-0.1, -0.05) is 30.3 Å². The van der Waals surface area contributed by atoms with E-state index in [0.29, 0.717) is 12.2 Å². The predicted molar refractivity (Wildman–Crippen MR) is 116 cm³/mol. The second kappa shape index (κ2) is 9.93. The Bertz CT molecular complexity index is 766. The number of carbonyl (C=O) groups excluding carboxylic acids is 2. The smallest absolute Gasteiger partial charge is 0.239 e.